The van der Waals surface area contributed by atoms with Crippen LogP contribution in [0.3, 0.4) is 0 Å². The molecule has 0 spiro atoms. The van der Waals surface area contributed by atoms with Gasteiger partial charge >= 0.3 is 0 Å². The summed E-state index contributed by atoms with van der Waals surface area (Å²) in [5, 5.41) is 5.51. The average Bonchev–Trinajstić information content (AvgIpc) is 2.85. The van der Waals surface area contributed by atoms with Gasteiger partial charge in [0, 0.05) is 11.6 Å². The maximum Gasteiger partial charge on any atom is 0.246 e. The predicted octanol–water partition coefficient (Wildman–Crippen LogP) is 1.16. The number of piperazine rings is 1. The first kappa shape index (κ1) is 13.0. The van der Waals surface area contributed by atoms with Crippen molar-refractivity contribution in [2.75, 3.05) is 0 Å². The van der Waals surface area contributed by atoms with Gasteiger partial charge in [0.2, 0.25) is 11.8 Å². The van der Waals surface area contributed by atoms with Crippen molar-refractivity contribution in [3.8, 4) is 0 Å². The maximum atomic E-state index is 12.3. The summed E-state index contributed by atoms with van der Waals surface area (Å²) < 4.78 is 0. The highest BCUT2D eigenvalue weighted by atomic mass is 32.1. The number of nitrogens with zero attached hydrogens (tertiary/aromatic N) is 2. The summed E-state index contributed by atoms with van der Waals surface area (Å²) in [5.41, 5.74) is 0. The molecule has 2 heterocycles. The molecule has 0 radical (unpaired) electrons. The number of hydrogen-bond acceptors (Lipinski definition) is 4. The van der Waals surface area contributed by atoms with Crippen molar-refractivity contribution in [1.82, 2.24) is 15.2 Å². The summed E-state index contributed by atoms with van der Waals surface area (Å²) in [5.74, 6) is -0.0799. The summed E-state index contributed by atoms with van der Waals surface area (Å²) in [7, 11) is 0. The number of amides is 2. The quantitative estimate of drug-likeness (QED) is 0.890. The molecule has 2 atom stereocenters. The van der Waals surface area contributed by atoms with E-state index in [0.29, 0.717) is 13.0 Å². The lowest BCUT2D eigenvalue weighted by Gasteiger charge is -2.36. The lowest BCUT2D eigenvalue weighted by atomic mass is 10.0. The molecule has 1 aromatic rings. The number of rotatable bonds is 4. The van der Waals surface area contributed by atoms with Gasteiger partial charge in [0.1, 0.15) is 17.1 Å². The summed E-state index contributed by atoms with van der Waals surface area (Å²) in [6.07, 6.45) is 3.27. The van der Waals surface area contributed by atoms with Crippen LogP contribution in [0, 0.1) is 0 Å². The standard InChI is InChI=1S/C12H17N3O2S/c1-3-4-9-12(17)15(8(2)11(16)14-9)7-10-13-5-6-18-10/h5-6,8-9H,3-4,7H2,1-2H3,(H,14,16). The first-order valence-corrected chi connectivity index (χ1v) is 7.00. The van der Waals surface area contributed by atoms with Crippen molar-refractivity contribution in [1.29, 1.82) is 0 Å². The van der Waals surface area contributed by atoms with E-state index in [1.807, 2.05) is 12.3 Å². The van der Waals surface area contributed by atoms with Gasteiger partial charge in [0.15, 0.2) is 0 Å². The molecule has 1 aromatic heterocycles. The van der Waals surface area contributed by atoms with Crippen LogP contribution in [0.2, 0.25) is 0 Å². The van der Waals surface area contributed by atoms with Crippen LogP contribution in [0.1, 0.15) is 31.7 Å². The van der Waals surface area contributed by atoms with Crippen LogP contribution in [0.15, 0.2) is 11.6 Å². The molecule has 1 saturated heterocycles. The number of nitrogens with one attached hydrogen (secondary N) is 1. The minimum atomic E-state index is -0.422. The minimum absolute atomic E-state index is 0.000787. The van der Waals surface area contributed by atoms with E-state index in [-0.39, 0.29) is 17.9 Å². The zero-order valence-corrected chi connectivity index (χ0v) is 11.4. The lowest BCUT2D eigenvalue weighted by molar-refractivity contribution is -0.149. The molecular weight excluding hydrogens is 250 g/mol. The first-order chi connectivity index (χ1) is 8.63. The number of hydrogen-bond donors (Lipinski definition) is 1. The van der Waals surface area contributed by atoms with Gasteiger partial charge in [0.25, 0.3) is 0 Å². The number of carbonyl (C=O) groups is 2. The molecule has 6 heteroatoms. The van der Waals surface area contributed by atoms with E-state index in [4.69, 9.17) is 0 Å². The zero-order valence-electron chi connectivity index (χ0n) is 10.5. The van der Waals surface area contributed by atoms with E-state index in [0.717, 1.165) is 11.4 Å². The van der Waals surface area contributed by atoms with Crippen molar-refractivity contribution < 1.29 is 9.59 Å². The Bertz CT molecular complexity index is 433. The molecule has 1 aliphatic rings. The third-order valence-electron chi connectivity index (χ3n) is 3.11. The van der Waals surface area contributed by atoms with Crippen molar-refractivity contribution in [2.45, 2.75) is 45.3 Å². The molecular formula is C12H17N3O2S. The molecule has 0 saturated carbocycles. The van der Waals surface area contributed by atoms with Gasteiger partial charge < -0.3 is 10.2 Å². The Morgan fingerprint density at radius 2 is 2.28 bits per heavy atom. The lowest BCUT2D eigenvalue weighted by Crippen LogP contribution is -2.61. The second kappa shape index (κ2) is 5.48. The van der Waals surface area contributed by atoms with Gasteiger partial charge in [-0.15, -0.1) is 11.3 Å². The zero-order chi connectivity index (χ0) is 13.1. The number of aromatic nitrogens is 1. The van der Waals surface area contributed by atoms with Crippen LogP contribution >= 0.6 is 11.3 Å². The molecule has 2 unspecified atom stereocenters. The molecule has 5 nitrogen and oxygen atoms in total. The average molecular weight is 267 g/mol. The molecule has 98 valence electrons. The van der Waals surface area contributed by atoms with Gasteiger partial charge in [-0.25, -0.2) is 4.98 Å². The molecule has 0 bridgehead atoms. The van der Waals surface area contributed by atoms with Crippen LogP contribution in [-0.4, -0.2) is 33.8 Å². The van der Waals surface area contributed by atoms with Crippen LogP contribution < -0.4 is 5.32 Å². The molecule has 1 fully saturated rings. The van der Waals surface area contributed by atoms with Gasteiger partial charge in [-0.3, -0.25) is 9.59 Å². The van der Waals surface area contributed by atoms with E-state index in [9.17, 15) is 9.59 Å². The smallest absolute Gasteiger partial charge is 0.246 e. The van der Waals surface area contributed by atoms with E-state index < -0.39 is 6.04 Å². The molecule has 1 N–H and O–H groups in total. The Morgan fingerprint density at radius 3 is 2.89 bits per heavy atom. The van der Waals surface area contributed by atoms with Crippen LogP contribution in [0.4, 0.5) is 0 Å². The number of carbonyl (C=O) groups excluding carboxylic acids is 2. The monoisotopic (exact) mass is 267 g/mol. The van der Waals surface area contributed by atoms with E-state index >= 15 is 0 Å². The second-order valence-electron chi connectivity index (χ2n) is 4.42. The highest BCUT2D eigenvalue weighted by Gasteiger charge is 2.37. The van der Waals surface area contributed by atoms with Crippen molar-refractivity contribution in [3.63, 3.8) is 0 Å². The summed E-state index contributed by atoms with van der Waals surface area (Å²) in [4.78, 5) is 29.9. The summed E-state index contributed by atoms with van der Waals surface area (Å²) >= 11 is 1.50. The highest BCUT2D eigenvalue weighted by molar-refractivity contribution is 7.09. The Morgan fingerprint density at radius 1 is 1.50 bits per heavy atom. The predicted molar refractivity (Wildman–Crippen MR) is 69.0 cm³/mol. The summed E-state index contributed by atoms with van der Waals surface area (Å²) in [6, 6.07) is -0.798. The Kier molecular flexibility index (Phi) is 3.96. The Labute approximate surface area is 110 Å². The van der Waals surface area contributed by atoms with Gasteiger partial charge in [0.05, 0.1) is 6.54 Å². The van der Waals surface area contributed by atoms with E-state index in [2.05, 4.69) is 10.3 Å². The minimum Gasteiger partial charge on any atom is -0.343 e. The molecule has 1 aliphatic heterocycles. The fraction of sp³-hybridized carbons (Fsp3) is 0.583. The third kappa shape index (κ3) is 2.53. The fourth-order valence-electron chi connectivity index (χ4n) is 2.06. The second-order valence-corrected chi connectivity index (χ2v) is 5.40. The van der Waals surface area contributed by atoms with Crippen LogP contribution in [0.25, 0.3) is 0 Å². The molecule has 18 heavy (non-hydrogen) atoms. The SMILES string of the molecule is CCCC1NC(=O)C(C)N(Cc2nccs2)C1=O. The van der Waals surface area contributed by atoms with Crippen LogP contribution in [-0.2, 0) is 16.1 Å². The Balaban J connectivity index is 2.14. The molecule has 2 amide bonds. The van der Waals surface area contributed by atoms with Crippen molar-refractivity contribution in [3.05, 3.63) is 16.6 Å². The van der Waals surface area contributed by atoms with Gasteiger partial charge in [-0.2, -0.15) is 0 Å². The van der Waals surface area contributed by atoms with Gasteiger partial charge in [-0.05, 0) is 13.3 Å². The fourth-order valence-corrected chi connectivity index (χ4v) is 2.68. The number of thiazole rings is 1. The van der Waals surface area contributed by atoms with Crippen molar-refractivity contribution >= 4 is 23.2 Å². The summed E-state index contributed by atoms with van der Waals surface area (Å²) in [6.45, 7) is 4.18. The van der Waals surface area contributed by atoms with E-state index in [1.165, 1.54) is 11.3 Å². The highest BCUT2D eigenvalue weighted by Crippen LogP contribution is 2.17. The Hall–Kier alpha value is -1.43. The topological polar surface area (TPSA) is 62.3 Å². The normalized spacial score (nSPS) is 24.2. The molecule has 2 rings (SSSR count). The first-order valence-electron chi connectivity index (χ1n) is 6.12. The largest absolute Gasteiger partial charge is 0.343 e. The van der Waals surface area contributed by atoms with Gasteiger partial charge in [-0.1, -0.05) is 13.3 Å². The molecule has 0 aromatic carbocycles. The van der Waals surface area contributed by atoms with Crippen LogP contribution in [0.5, 0.6) is 0 Å². The van der Waals surface area contributed by atoms with E-state index in [1.54, 1.807) is 18.0 Å². The maximum absolute atomic E-state index is 12.3. The molecule has 0 aliphatic carbocycles. The third-order valence-corrected chi connectivity index (χ3v) is 3.88. The van der Waals surface area contributed by atoms with Crippen molar-refractivity contribution in [2.24, 2.45) is 0 Å².